The SMILES string of the molecule is COc1cccc2c1C(O)=C(CC=C(C)C)C(=O)C2=O. The lowest BCUT2D eigenvalue weighted by Gasteiger charge is -2.19. The zero-order chi connectivity index (χ0) is 14.9. The molecule has 1 aliphatic carbocycles. The van der Waals surface area contributed by atoms with Gasteiger partial charge in [-0.25, -0.2) is 0 Å². The smallest absolute Gasteiger partial charge is 0.234 e. The van der Waals surface area contributed by atoms with Crippen LogP contribution < -0.4 is 4.74 Å². The van der Waals surface area contributed by atoms with E-state index in [1.165, 1.54) is 13.2 Å². The molecule has 0 saturated carbocycles. The van der Waals surface area contributed by atoms with Crippen molar-refractivity contribution in [2.24, 2.45) is 0 Å². The summed E-state index contributed by atoms with van der Waals surface area (Å²) in [6, 6.07) is 4.79. The maximum absolute atomic E-state index is 12.1. The highest BCUT2D eigenvalue weighted by Crippen LogP contribution is 2.35. The van der Waals surface area contributed by atoms with E-state index in [4.69, 9.17) is 4.74 Å². The summed E-state index contributed by atoms with van der Waals surface area (Å²) in [5.74, 6) is -1.04. The topological polar surface area (TPSA) is 63.6 Å². The minimum atomic E-state index is -0.652. The van der Waals surface area contributed by atoms with E-state index in [0.29, 0.717) is 11.3 Å². The third-order valence-electron chi connectivity index (χ3n) is 3.21. The molecule has 0 amide bonds. The minimum Gasteiger partial charge on any atom is -0.507 e. The fourth-order valence-electron chi connectivity index (χ4n) is 2.15. The first-order valence-corrected chi connectivity index (χ1v) is 6.29. The lowest BCUT2D eigenvalue weighted by molar-refractivity contribution is -0.112. The van der Waals surface area contributed by atoms with Crippen LogP contribution in [0.3, 0.4) is 0 Å². The first-order valence-electron chi connectivity index (χ1n) is 6.29. The van der Waals surface area contributed by atoms with Gasteiger partial charge in [0.2, 0.25) is 11.6 Å². The highest BCUT2D eigenvalue weighted by Gasteiger charge is 2.34. The molecule has 0 radical (unpaired) electrons. The number of aliphatic hydroxyl groups is 1. The number of hydrogen-bond acceptors (Lipinski definition) is 4. The van der Waals surface area contributed by atoms with Crippen LogP contribution in [0.25, 0.3) is 5.76 Å². The molecule has 0 spiro atoms. The first-order chi connectivity index (χ1) is 9.47. The number of aliphatic hydroxyl groups excluding tert-OH is 1. The highest BCUT2D eigenvalue weighted by molar-refractivity contribution is 6.52. The Morgan fingerprint density at radius 1 is 1.25 bits per heavy atom. The van der Waals surface area contributed by atoms with Crippen molar-refractivity contribution in [3.05, 3.63) is 46.5 Å². The van der Waals surface area contributed by atoms with Crippen LogP contribution >= 0.6 is 0 Å². The van der Waals surface area contributed by atoms with Crippen LogP contribution in [0.5, 0.6) is 5.75 Å². The summed E-state index contributed by atoms with van der Waals surface area (Å²) in [7, 11) is 1.46. The van der Waals surface area contributed by atoms with E-state index in [1.54, 1.807) is 18.2 Å². The summed E-state index contributed by atoms with van der Waals surface area (Å²) in [5.41, 5.74) is 1.62. The van der Waals surface area contributed by atoms with Gasteiger partial charge in [-0.2, -0.15) is 0 Å². The number of allylic oxidation sites excluding steroid dienone is 3. The molecule has 0 heterocycles. The van der Waals surface area contributed by atoms with Crippen LogP contribution in [0, 0.1) is 0 Å². The fourth-order valence-corrected chi connectivity index (χ4v) is 2.15. The predicted molar refractivity (Wildman–Crippen MR) is 75.9 cm³/mol. The predicted octanol–water partition coefficient (Wildman–Crippen LogP) is 3.09. The molecule has 0 atom stereocenters. The van der Waals surface area contributed by atoms with Crippen molar-refractivity contribution in [2.75, 3.05) is 7.11 Å². The molecule has 1 aromatic rings. The molecule has 0 unspecified atom stereocenters. The second-order valence-electron chi connectivity index (χ2n) is 4.85. The van der Waals surface area contributed by atoms with Gasteiger partial charge < -0.3 is 9.84 Å². The van der Waals surface area contributed by atoms with Crippen molar-refractivity contribution in [3.8, 4) is 5.75 Å². The molecule has 0 bridgehead atoms. The summed E-state index contributed by atoms with van der Waals surface area (Å²) in [4.78, 5) is 24.2. The van der Waals surface area contributed by atoms with E-state index in [-0.39, 0.29) is 23.3 Å². The Kier molecular flexibility index (Phi) is 3.74. The van der Waals surface area contributed by atoms with Crippen LogP contribution in [0.2, 0.25) is 0 Å². The summed E-state index contributed by atoms with van der Waals surface area (Å²) < 4.78 is 5.17. The Labute approximate surface area is 117 Å². The molecule has 4 heteroatoms. The van der Waals surface area contributed by atoms with Gasteiger partial charge in [-0.1, -0.05) is 17.7 Å². The second-order valence-corrected chi connectivity index (χ2v) is 4.85. The van der Waals surface area contributed by atoms with E-state index in [1.807, 2.05) is 13.8 Å². The number of Topliss-reactive ketones (excluding diaryl/α,β-unsaturated/α-hetero) is 2. The van der Waals surface area contributed by atoms with E-state index < -0.39 is 11.6 Å². The Balaban J connectivity index is 2.65. The molecule has 1 N–H and O–H groups in total. The summed E-state index contributed by atoms with van der Waals surface area (Å²) in [6.45, 7) is 3.78. The molecule has 4 nitrogen and oxygen atoms in total. The number of hydrogen-bond donors (Lipinski definition) is 1. The average Bonchev–Trinajstić information content (AvgIpc) is 2.43. The van der Waals surface area contributed by atoms with E-state index in [9.17, 15) is 14.7 Å². The van der Waals surface area contributed by atoms with Crippen LogP contribution in [0.1, 0.15) is 36.2 Å². The molecule has 104 valence electrons. The first kappa shape index (κ1) is 14.1. The fraction of sp³-hybridized carbons (Fsp3) is 0.250. The number of rotatable bonds is 3. The molecular formula is C16H16O4. The van der Waals surface area contributed by atoms with Gasteiger partial charge in [0.25, 0.3) is 0 Å². The quantitative estimate of drug-likeness (QED) is 0.678. The summed E-state index contributed by atoms with van der Waals surface area (Å²) >= 11 is 0. The van der Waals surface area contributed by atoms with Gasteiger partial charge in [-0.3, -0.25) is 9.59 Å². The summed E-state index contributed by atoms with van der Waals surface area (Å²) in [5, 5.41) is 10.3. The maximum atomic E-state index is 12.1. The van der Waals surface area contributed by atoms with Crippen molar-refractivity contribution >= 4 is 17.3 Å². The largest absolute Gasteiger partial charge is 0.507 e. The third kappa shape index (κ3) is 2.25. The molecular weight excluding hydrogens is 256 g/mol. The Bertz CT molecular complexity index is 646. The zero-order valence-corrected chi connectivity index (χ0v) is 11.7. The van der Waals surface area contributed by atoms with Crippen LogP contribution in [-0.4, -0.2) is 23.8 Å². The van der Waals surface area contributed by atoms with E-state index >= 15 is 0 Å². The molecule has 0 saturated heterocycles. The Morgan fingerprint density at radius 2 is 1.95 bits per heavy atom. The van der Waals surface area contributed by atoms with Crippen molar-refractivity contribution in [1.82, 2.24) is 0 Å². The van der Waals surface area contributed by atoms with Crippen molar-refractivity contribution in [1.29, 1.82) is 0 Å². The molecule has 1 aromatic carbocycles. The van der Waals surface area contributed by atoms with Gasteiger partial charge in [0.15, 0.2) is 0 Å². The monoisotopic (exact) mass is 272 g/mol. The van der Waals surface area contributed by atoms with Crippen LogP contribution in [0.4, 0.5) is 0 Å². The standard InChI is InChI=1S/C16H16O4/c1-9(2)7-8-11-14(17)13-10(15(18)16(11)19)5-4-6-12(13)20-3/h4-7,17H,8H2,1-3H3. The zero-order valence-electron chi connectivity index (χ0n) is 11.7. The van der Waals surface area contributed by atoms with Gasteiger partial charge in [0.1, 0.15) is 11.5 Å². The molecule has 20 heavy (non-hydrogen) atoms. The number of fused-ring (bicyclic) bond motifs is 1. The van der Waals surface area contributed by atoms with Gasteiger partial charge in [-0.15, -0.1) is 0 Å². The minimum absolute atomic E-state index is 0.119. The van der Waals surface area contributed by atoms with Crippen LogP contribution in [0.15, 0.2) is 35.4 Å². The van der Waals surface area contributed by atoms with Crippen molar-refractivity contribution in [3.63, 3.8) is 0 Å². The second kappa shape index (κ2) is 5.33. The average molecular weight is 272 g/mol. The number of carbonyl (C=O) groups is 2. The summed E-state index contributed by atoms with van der Waals surface area (Å²) in [6.07, 6.45) is 2.04. The van der Waals surface area contributed by atoms with Gasteiger partial charge in [0.05, 0.1) is 12.7 Å². The lowest BCUT2D eigenvalue weighted by atomic mass is 9.86. The Morgan fingerprint density at radius 3 is 2.55 bits per heavy atom. The molecule has 0 aromatic heterocycles. The number of benzene rings is 1. The third-order valence-corrected chi connectivity index (χ3v) is 3.21. The van der Waals surface area contributed by atoms with Gasteiger partial charge >= 0.3 is 0 Å². The van der Waals surface area contributed by atoms with Gasteiger partial charge in [0, 0.05) is 11.1 Å². The number of ketones is 2. The van der Waals surface area contributed by atoms with Gasteiger partial charge in [-0.05, 0) is 32.4 Å². The van der Waals surface area contributed by atoms with Crippen molar-refractivity contribution in [2.45, 2.75) is 20.3 Å². The molecule has 2 rings (SSSR count). The molecule has 0 aliphatic heterocycles. The molecule has 1 aliphatic rings. The lowest BCUT2D eigenvalue weighted by Crippen LogP contribution is -2.24. The van der Waals surface area contributed by atoms with Crippen molar-refractivity contribution < 1.29 is 19.4 Å². The number of methoxy groups -OCH3 is 1. The normalized spacial score (nSPS) is 14.2. The highest BCUT2D eigenvalue weighted by atomic mass is 16.5. The van der Waals surface area contributed by atoms with E-state index in [2.05, 4.69) is 0 Å². The van der Waals surface area contributed by atoms with E-state index in [0.717, 1.165) is 5.57 Å². The number of ether oxygens (including phenoxy) is 1. The maximum Gasteiger partial charge on any atom is 0.234 e. The number of carbonyl (C=O) groups excluding carboxylic acids is 2. The molecule has 0 fully saturated rings. The Hall–Kier alpha value is -2.36. The van der Waals surface area contributed by atoms with Crippen LogP contribution in [-0.2, 0) is 4.79 Å².